The van der Waals surface area contributed by atoms with Crippen LogP contribution in [0.5, 0.6) is 0 Å². The average Bonchev–Trinajstić information content (AvgIpc) is 3.17. The van der Waals surface area contributed by atoms with E-state index >= 15 is 0 Å². The lowest BCUT2D eigenvalue weighted by molar-refractivity contribution is -0.347. The highest BCUT2D eigenvalue weighted by Gasteiger charge is 2.30. The zero-order chi connectivity index (χ0) is 19.2. The van der Waals surface area contributed by atoms with Crippen LogP contribution in [-0.4, -0.2) is 21.5 Å². The number of aryl methyl sites for hydroxylation is 2. The van der Waals surface area contributed by atoms with Crippen LogP contribution in [0.4, 0.5) is 10.1 Å². The maximum absolute atomic E-state index is 14.0. The van der Waals surface area contributed by atoms with Gasteiger partial charge in [-0.3, -0.25) is 0 Å². The summed E-state index contributed by atoms with van der Waals surface area (Å²) in [5, 5.41) is 0.599. The highest BCUT2D eigenvalue weighted by Crippen LogP contribution is 2.36. The molecule has 1 N–H and O–H groups in total. The summed E-state index contributed by atoms with van der Waals surface area (Å²) >= 11 is 0. The van der Waals surface area contributed by atoms with Gasteiger partial charge in [-0.1, -0.05) is 6.07 Å². The molecular formula is C21H22FN2O2S+. The molecule has 2 aromatic carbocycles. The summed E-state index contributed by atoms with van der Waals surface area (Å²) in [6.45, 7) is 5.39. The Morgan fingerprint density at radius 2 is 1.74 bits per heavy atom. The molecule has 1 aromatic heterocycles. The fraction of sp³-hybridized carbons (Fsp3) is 0.286. The minimum absolute atomic E-state index is 0.200. The molecule has 1 saturated heterocycles. The Labute approximate surface area is 158 Å². The quantitative estimate of drug-likeness (QED) is 0.688. The number of rotatable bonds is 3. The van der Waals surface area contributed by atoms with E-state index in [-0.39, 0.29) is 15.6 Å². The predicted molar refractivity (Wildman–Crippen MR) is 103 cm³/mol. The van der Waals surface area contributed by atoms with Gasteiger partial charge in [0, 0.05) is 19.2 Å². The van der Waals surface area contributed by atoms with Crippen LogP contribution in [0, 0.1) is 19.7 Å². The van der Waals surface area contributed by atoms with E-state index in [2.05, 4.69) is 9.88 Å². The van der Waals surface area contributed by atoms with E-state index in [1.165, 1.54) is 12.1 Å². The first-order valence-corrected chi connectivity index (χ1v) is 10.6. The second kappa shape index (κ2) is 6.60. The Bertz CT molecular complexity index is 1140. The number of anilines is 1. The summed E-state index contributed by atoms with van der Waals surface area (Å²) in [6, 6.07) is 9.61. The second-order valence-corrected chi connectivity index (χ2v) is 9.05. The van der Waals surface area contributed by atoms with Crippen LogP contribution in [0.3, 0.4) is 0 Å². The van der Waals surface area contributed by atoms with Gasteiger partial charge in [0.25, 0.3) is 0 Å². The Morgan fingerprint density at radius 3 is 2.44 bits per heavy atom. The number of hydrogen-bond acceptors (Lipinski definition) is 3. The van der Waals surface area contributed by atoms with Crippen molar-refractivity contribution >= 4 is 26.4 Å². The first-order chi connectivity index (χ1) is 12.9. The maximum atomic E-state index is 14.0. The molecule has 140 valence electrons. The first kappa shape index (κ1) is 17.9. The van der Waals surface area contributed by atoms with Crippen LogP contribution < -0.4 is 9.88 Å². The molecule has 3 aromatic rings. The van der Waals surface area contributed by atoms with E-state index < -0.39 is 9.84 Å². The zero-order valence-electron chi connectivity index (χ0n) is 15.4. The smallest absolute Gasteiger partial charge is 0.214 e. The van der Waals surface area contributed by atoms with E-state index in [1.807, 2.05) is 19.9 Å². The molecule has 4 nitrogen and oxygen atoms in total. The molecule has 27 heavy (non-hydrogen) atoms. The van der Waals surface area contributed by atoms with E-state index in [9.17, 15) is 12.8 Å². The third-order valence-electron chi connectivity index (χ3n) is 5.33. The van der Waals surface area contributed by atoms with Gasteiger partial charge in [-0.2, -0.15) is 0 Å². The van der Waals surface area contributed by atoms with Crippen molar-refractivity contribution in [3.63, 3.8) is 0 Å². The van der Waals surface area contributed by atoms with Crippen LogP contribution in [0.25, 0.3) is 10.9 Å². The van der Waals surface area contributed by atoms with Crippen LogP contribution >= 0.6 is 0 Å². The topological polar surface area (TPSA) is 51.5 Å². The van der Waals surface area contributed by atoms with E-state index in [4.69, 9.17) is 0 Å². The summed E-state index contributed by atoms with van der Waals surface area (Å²) in [4.78, 5) is 5.56. The summed E-state index contributed by atoms with van der Waals surface area (Å²) in [7, 11) is -3.75. The van der Waals surface area contributed by atoms with Crippen molar-refractivity contribution in [2.24, 2.45) is 0 Å². The number of benzene rings is 2. The molecule has 6 heteroatoms. The molecule has 4 rings (SSSR count). The molecule has 0 aliphatic carbocycles. The van der Waals surface area contributed by atoms with E-state index in [0.29, 0.717) is 11.1 Å². The fourth-order valence-electron chi connectivity index (χ4n) is 3.66. The number of fused-ring (bicyclic) bond motifs is 1. The number of nitrogens with zero attached hydrogens (tertiary/aromatic N) is 1. The number of aromatic nitrogens is 1. The van der Waals surface area contributed by atoms with Gasteiger partial charge in [0.15, 0.2) is 11.1 Å². The van der Waals surface area contributed by atoms with Crippen LogP contribution in [0.2, 0.25) is 0 Å². The molecule has 1 aliphatic rings. The molecular weight excluding hydrogens is 363 g/mol. The van der Waals surface area contributed by atoms with Crippen molar-refractivity contribution in [2.75, 3.05) is 18.0 Å². The zero-order valence-corrected chi connectivity index (χ0v) is 16.2. The Morgan fingerprint density at radius 1 is 1.00 bits per heavy atom. The lowest BCUT2D eigenvalue weighted by Gasteiger charge is -2.21. The molecule has 1 aliphatic heterocycles. The lowest BCUT2D eigenvalue weighted by Crippen LogP contribution is -2.23. The number of halogens is 1. The highest BCUT2D eigenvalue weighted by molar-refractivity contribution is 7.91. The van der Waals surface area contributed by atoms with Crippen molar-refractivity contribution in [3.05, 3.63) is 59.5 Å². The van der Waals surface area contributed by atoms with Crippen molar-refractivity contribution < 1.29 is 17.8 Å². The third kappa shape index (κ3) is 3.08. The van der Waals surface area contributed by atoms with Crippen LogP contribution in [0.15, 0.2) is 52.4 Å². The normalized spacial score (nSPS) is 14.9. The first-order valence-electron chi connectivity index (χ1n) is 9.09. The number of sulfone groups is 1. The van der Waals surface area contributed by atoms with Gasteiger partial charge in [0.2, 0.25) is 15.4 Å². The molecule has 0 spiro atoms. The van der Waals surface area contributed by atoms with Gasteiger partial charge in [-0.15, -0.1) is 0 Å². The molecule has 0 atom stereocenters. The number of aromatic amines is 1. The molecule has 0 unspecified atom stereocenters. The Kier molecular flexibility index (Phi) is 4.38. The van der Waals surface area contributed by atoms with Gasteiger partial charge in [0.1, 0.15) is 5.82 Å². The van der Waals surface area contributed by atoms with Gasteiger partial charge < -0.3 is 4.90 Å². The van der Waals surface area contributed by atoms with Crippen molar-refractivity contribution in [3.8, 4) is 0 Å². The van der Waals surface area contributed by atoms with Gasteiger partial charge in [-0.25, -0.2) is 17.8 Å². The fourth-order valence-corrected chi connectivity index (χ4v) is 5.20. The van der Waals surface area contributed by atoms with Gasteiger partial charge in [0.05, 0.1) is 16.0 Å². The highest BCUT2D eigenvalue weighted by atomic mass is 32.2. The molecule has 1 fully saturated rings. The number of H-pyrrole nitrogens is 1. The Hall–Kier alpha value is -2.47. The van der Waals surface area contributed by atoms with Gasteiger partial charge >= 0.3 is 0 Å². The van der Waals surface area contributed by atoms with Crippen LogP contribution in [0.1, 0.15) is 24.0 Å². The van der Waals surface area contributed by atoms with Crippen molar-refractivity contribution in [1.82, 2.24) is 0 Å². The molecule has 0 radical (unpaired) electrons. The summed E-state index contributed by atoms with van der Waals surface area (Å²) in [5.74, 6) is -0.378. The minimum atomic E-state index is -3.75. The SMILES string of the molecule is Cc1ccc(S(=O)(=O)c2c[nH+]c3ccc(F)cc3c2N2CCCC2)cc1C. The van der Waals surface area contributed by atoms with Crippen molar-refractivity contribution in [1.29, 1.82) is 0 Å². The number of pyridine rings is 1. The van der Waals surface area contributed by atoms with E-state index in [1.54, 1.807) is 24.4 Å². The third-order valence-corrected chi connectivity index (χ3v) is 7.09. The summed E-state index contributed by atoms with van der Waals surface area (Å²) in [5.41, 5.74) is 3.28. The number of hydrogen-bond donors (Lipinski definition) is 0. The standard InChI is InChI=1S/C21H21FN2O2S/c1-14-5-7-17(11-15(14)2)27(25,26)20-13-23-19-8-6-16(22)12-18(19)21(20)24-9-3-4-10-24/h5-8,11-13H,3-4,9-10H2,1-2H3/p+1. The predicted octanol–water partition coefficient (Wildman–Crippen LogP) is 3.84. The Balaban J connectivity index is 2.00. The van der Waals surface area contributed by atoms with Crippen molar-refractivity contribution in [2.45, 2.75) is 36.5 Å². The van der Waals surface area contributed by atoms with E-state index in [0.717, 1.165) is 42.6 Å². The second-order valence-electron chi connectivity index (χ2n) is 7.14. The molecule has 0 amide bonds. The summed E-state index contributed by atoms with van der Waals surface area (Å²) in [6.07, 6.45) is 3.54. The maximum Gasteiger partial charge on any atom is 0.214 e. The summed E-state index contributed by atoms with van der Waals surface area (Å²) < 4.78 is 40.9. The number of nitrogens with one attached hydrogen (secondary N) is 1. The van der Waals surface area contributed by atoms with Crippen LogP contribution in [-0.2, 0) is 9.84 Å². The minimum Gasteiger partial charge on any atom is -0.370 e. The average molecular weight is 385 g/mol. The largest absolute Gasteiger partial charge is 0.370 e. The lowest BCUT2D eigenvalue weighted by atomic mass is 10.1. The molecule has 0 bridgehead atoms. The van der Waals surface area contributed by atoms with Gasteiger partial charge in [-0.05, 0) is 62.1 Å². The molecule has 0 saturated carbocycles. The molecule has 2 heterocycles. The monoisotopic (exact) mass is 385 g/mol.